The Labute approximate surface area is 165 Å². The van der Waals surface area contributed by atoms with Gasteiger partial charge in [-0.1, -0.05) is 31.4 Å². The van der Waals surface area contributed by atoms with Gasteiger partial charge in [0.25, 0.3) is 0 Å². The first kappa shape index (κ1) is 22.0. The second-order valence-electron chi connectivity index (χ2n) is 7.35. The quantitative estimate of drug-likeness (QED) is 0.707. The minimum absolute atomic E-state index is 0.148. The highest BCUT2D eigenvalue weighted by Crippen LogP contribution is 2.23. The predicted octanol–water partition coefficient (Wildman–Crippen LogP) is 2.27. The molecule has 1 saturated carbocycles. The van der Waals surface area contributed by atoms with Gasteiger partial charge in [-0.05, 0) is 43.4 Å². The van der Waals surface area contributed by atoms with Crippen LogP contribution in [0.5, 0.6) is 0 Å². The summed E-state index contributed by atoms with van der Waals surface area (Å²) in [7, 11) is -2.01. The van der Waals surface area contributed by atoms with Crippen LogP contribution in [0.2, 0.25) is 0 Å². The molecule has 152 valence electrons. The lowest BCUT2D eigenvalue weighted by Gasteiger charge is -2.22. The number of nitrogens with one attached hydrogen (secondary N) is 1. The summed E-state index contributed by atoms with van der Waals surface area (Å²) in [5.74, 6) is 0.474. The summed E-state index contributed by atoms with van der Waals surface area (Å²) in [6, 6.07) is 6.41. The van der Waals surface area contributed by atoms with Crippen LogP contribution in [0.25, 0.3) is 0 Å². The smallest absolute Gasteiger partial charge is 0.242 e. The van der Waals surface area contributed by atoms with E-state index < -0.39 is 26.1 Å². The Morgan fingerprint density at radius 3 is 2.56 bits per heavy atom. The van der Waals surface area contributed by atoms with E-state index in [1.54, 1.807) is 19.1 Å². The molecule has 1 N–H and O–H groups in total. The van der Waals surface area contributed by atoms with Crippen molar-refractivity contribution in [2.24, 2.45) is 5.92 Å². The number of sulfonamides is 1. The minimum Gasteiger partial charge on any atom is -0.355 e. The fourth-order valence-corrected chi connectivity index (χ4v) is 5.25. The Hall–Kier alpha value is -1.25. The number of benzene rings is 1. The molecule has 0 aliphatic heterocycles. The SMILES string of the molecule is CC(C(=O)NCC1CCCCC1)S(=O)Cc1cccc(S(=O)(=O)N(C)C)c1. The van der Waals surface area contributed by atoms with E-state index in [0.717, 1.165) is 17.1 Å². The average Bonchev–Trinajstić information content (AvgIpc) is 2.66. The molecular formula is C19H30N2O4S2. The molecule has 1 fully saturated rings. The van der Waals surface area contributed by atoms with Crippen LogP contribution in [0.3, 0.4) is 0 Å². The van der Waals surface area contributed by atoms with Gasteiger partial charge in [0.1, 0.15) is 5.25 Å². The summed E-state index contributed by atoms with van der Waals surface area (Å²) >= 11 is 0. The molecule has 0 spiro atoms. The molecule has 27 heavy (non-hydrogen) atoms. The van der Waals surface area contributed by atoms with Crippen molar-refractivity contribution >= 4 is 26.7 Å². The highest BCUT2D eigenvalue weighted by Gasteiger charge is 2.23. The van der Waals surface area contributed by atoms with Gasteiger partial charge in [-0.15, -0.1) is 0 Å². The lowest BCUT2D eigenvalue weighted by atomic mass is 9.89. The van der Waals surface area contributed by atoms with Crippen LogP contribution in [0, 0.1) is 5.92 Å². The normalized spacial score (nSPS) is 18.2. The second kappa shape index (κ2) is 9.80. The molecule has 0 bridgehead atoms. The maximum absolute atomic E-state index is 12.6. The van der Waals surface area contributed by atoms with Crippen molar-refractivity contribution in [3.63, 3.8) is 0 Å². The van der Waals surface area contributed by atoms with Crippen LogP contribution in [-0.4, -0.2) is 48.7 Å². The van der Waals surface area contributed by atoms with E-state index >= 15 is 0 Å². The summed E-state index contributed by atoms with van der Waals surface area (Å²) < 4.78 is 38.2. The van der Waals surface area contributed by atoms with Crippen molar-refractivity contribution in [3.05, 3.63) is 29.8 Å². The van der Waals surface area contributed by atoms with Crippen LogP contribution in [-0.2, 0) is 31.4 Å². The van der Waals surface area contributed by atoms with Crippen LogP contribution in [0.4, 0.5) is 0 Å². The van der Waals surface area contributed by atoms with Crippen LogP contribution in [0.15, 0.2) is 29.2 Å². The van der Waals surface area contributed by atoms with E-state index in [1.165, 1.54) is 45.5 Å². The summed E-state index contributed by atoms with van der Waals surface area (Å²) in [5, 5.41) is 2.30. The molecule has 1 aromatic carbocycles. The van der Waals surface area contributed by atoms with Gasteiger partial charge in [0.2, 0.25) is 15.9 Å². The molecule has 6 nitrogen and oxygen atoms in total. The van der Waals surface area contributed by atoms with Crippen LogP contribution >= 0.6 is 0 Å². The molecule has 2 atom stereocenters. The van der Waals surface area contributed by atoms with Gasteiger partial charge in [-0.2, -0.15) is 0 Å². The third-order valence-electron chi connectivity index (χ3n) is 5.04. The molecule has 2 rings (SSSR count). The van der Waals surface area contributed by atoms with Gasteiger partial charge in [-0.25, -0.2) is 12.7 Å². The van der Waals surface area contributed by atoms with E-state index in [2.05, 4.69) is 5.32 Å². The monoisotopic (exact) mass is 414 g/mol. The summed E-state index contributed by atoms with van der Waals surface area (Å²) in [4.78, 5) is 12.5. The Balaban J connectivity index is 1.94. The Bertz CT molecular complexity index is 772. The topological polar surface area (TPSA) is 83.5 Å². The third kappa shape index (κ3) is 6.12. The largest absolute Gasteiger partial charge is 0.355 e. The summed E-state index contributed by atoms with van der Waals surface area (Å²) in [6.45, 7) is 2.31. The average molecular weight is 415 g/mol. The summed E-state index contributed by atoms with van der Waals surface area (Å²) in [6.07, 6.45) is 5.99. The highest BCUT2D eigenvalue weighted by molar-refractivity contribution is 7.89. The van der Waals surface area contributed by atoms with Crippen molar-refractivity contribution < 1.29 is 17.4 Å². The number of amides is 1. The molecule has 0 heterocycles. The van der Waals surface area contributed by atoms with Gasteiger partial charge in [-0.3, -0.25) is 9.00 Å². The molecule has 1 aliphatic rings. The standard InChI is InChI=1S/C19H30N2O4S2/c1-15(19(22)20-13-16-8-5-4-6-9-16)26(23)14-17-10-7-11-18(12-17)27(24,25)21(2)3/h7,10-12,15-16H,4-6,8-9,13-14H2,1-3H3,(H,20,22). The van der Waals surface area contributed by atoms with Crippen LogP contribution in [0.1, 0.15) is 44.6 Å². The van der Waals surface area contributed by atoms with E-state index in [9.17, 15) is 17.4 Å². The molecule has 1 amide bonds. The van der Waals surface area contributed by atoms with Crippen molar-refractivity contribution in [1.29, 1.82) is 0 Å². The lowest BCUT2D eigenvalue weighted by molar-refractivity contribution is -0.120. The molecule has 0 aromatic heterocycles. The molecule has 1 aliphatic carbocycles. The molecule has 8 heteroatoms. The van der Waals surface area contributed by atoms with Crippen molar-refractivity contribution in [1.82, 2.24) is 9.62 Å². The van der Waals surface area contributed by atoms with Gasteiger partial charge in [0.15, 0.2) is 0 Å². The number of hydrogen-bond acceptors (Lipinski definition) is 4. The predicted molar refractivity (Wildman–Crippen MR) is 108 cm³/mol. The third-order valence-corrected chi connectivity index (χ3v) is 8.47. The second-order valence-corrected chi connectivity index (χ2v) is 11.3. The fourth-order valence-electron chi connectivity index (χ4n) is 3.20. The maximum atomic E-state index is 12.6. The minimum atomic E-state index is -3.54. The van der Waals surface area contributed by atoms with Crippen molar-refractivity contribution in [2.75, 3.05) is 20.6 Å². The summed E-state index contributed by atoms with van der Waals surface area (Å²) in [5.41, 5.74) is 0.642. The van der Waals surface area contributed by atoms with Gasteiger partial charge >= 0.3 is 0 Å². The molecule has 2 unspecified atom stereocenters. The maximum Gasteiger partial charge on any atom is 0.242 e. The van der Waals surface area contributed by atoms with Crippen molar-refractivity contribution in [2.45, 2.75) is 54.9 Å². The van der Waals surface area contributed by atoms with Crippen LogP contribution < -0.4 is 5.32 Å². The lowest BCUT2D eigenvalue weighted by Crippen LogP contribution is -2.38. The van der Waals surface area contributed by atoms with Gasteiger partial charge < -0.3 is 5.32 Å². The molecule has 0 radical (unpaired) electrons. The first-order valence-corrected chi connectivity index (χ1v) is 12.2. The first-order chi connectivity index (χ1) is 12.7. The number of nitrogens with zero attached hydrogens (tertiary/aromatic N) is 1. The molecule has 0 saturated heterocycles. The van der Waals surface area contributed by atoms with E-state index in [-0.39, 0.29) is 16.6 Å². The van der Waals surface area contributed by atoms with Gasteiger partial charge in [0, 0.05) is 37.2 Å². The zero-order valence-corrected chi connectivity index (χ0v) is 17.9. The van der Waals surface area contributed by atoms with Crippen molar-refractivity contribution in [3.8, 4) is 0 Å². The van der Waals surface area contributed by atoms with Gasteiger partial charge in [0.05, 0.1) is 4.90 Å². The van der Waals surface area contributed by atoms with E-state index in [4.69, 9.17) is 0 Å². The Morgan fingerprint density at radius 1 is 1.26 bits per heavy atom. The van der Waals surface area contributed by atoms with E-state index in [0.29, 0.717) is 18.0 Å². The molecule has 1 aromatic rings. The highest BCUT2D eigenvalue weighted by atomic mass is 32.2. The zero-order chi connectivity index (χ0) is 20.0. The number of hydrogen-bond donors (Lipinski definition) is 1. The number of carbonyl (C=O) groups is 1. The fraction of sp³-hybridized carbons (Fsp3) is 0.632. The zero-order valence-electron chi connectivity index (χ0n) is 16.3. The number of carbonyl (C=O) groups excluding carboxylic acids is 1. The molecular weight excluding hydrogens is 384 g/mol. The Morgan fingerprint density at radius 2 is 1.93 bits per heavy atom. The van der Waals surface area contributed by atoms with E-state index in [1.807, 2.05) is 0 Å². The first-order valence-electron chi connectivity index (χ1n) is 9.38. The number of rotatable bonds is 8. The Kier molecular flexibility index (Phi) is 8.00.